The Morgan fingerprint density at radius 2 is 1.75 bits per heavy atom. The van der Waals surface area contributed by atoms with E-state index in [0.717, 1.165) is 0 Å². The van der Waals surface area contributed by atoms with Crippen molar-refractivity contribution in [2.24, 2.45) is 0 Å². The molecule has 0 aromatic rings. The third-order valence-corrected chi connectivity index (χ3v) is 1.06. The molecule has 0 atom stereocenters. The molecule has 0 spiro atoms. The SMILES string of the molecule is FC1(F)COSOC1. The van der Waals surface area contributed by atoms with E-state index in [1.807, 2.05) is 0 Å². The molecule has 1 saturated heterocycles. The van der Waals surface area contributed by atoms with Gasteiger partial charge in [-0.2, -0.15) is 0 Å². The number of hydrogen-bond acceptors (Lipinski definition) is 3. The summed E-state index contributed by atoms with van der Waals surface area (Å²) in [4.78, 5) is 0. The zero-order chi connectivity index (χ0) is 6.04. The molecule has 1 fully saturated rings. The fourth-order valence-electron chi connectivity index (χ4n) is 0.296. The smallest absolute Gasteiger partial charge is 0.285 e. The Kier molecular flexibility index (Phi) is 1.69. The van der Waals surface area contributed by atoms with Crippen LogP contribution < -0.4 is 0 Å². The second-order valence-electron chi connectivity index (χ2n) is 1.45. The fraction of sp³-hybridized carbons (Fsp3) is 1.00. The van der Waals surface area contributed by atoms with Crippen LogP contribution in [0.1, 0.15) is 0 Å². The summed E-state index contributed by atoms with van der Waals surface area (Å²) in [5, 5.41) is 0. The molecule has 1 aliphatic rings. The third-order valence-electron chi connectivity index (χ3n) is 0.636. The molecule has 2 nitrogen and oxygen atoms in total. The summed E-state index contributed by atoms with van der Waals surface area (Å²) in [6.45, 7) is -1.09. The van der Waals surface area contributed by atoms with E-state index in [9.17, 15) is 8.78 Å². The summed E-state index contributed by atoms with van der Waals surface area (Å²) in [7, 11) is 0. The average molecular weight is 142 g/mol. The molecule has 0 amide bonds. The molecule has 8 heavy (non-hydrogen) atoms. The highest BCUT2D eigenvalue weighted by Crippen LogP contribution is 2.24. The van der Waals surface area contributed by atoms with Crippen LogP contribution >= 0.6 is 12.3 Å². The van der Waals surface area contributed by atoms with E-state index < -0.39 is 19.1 Å². The van der Waals surface area contributed by atoms with Crippen LogP contribution in [-0.2, 0) is 8.37 Å². The van der Waals surface area contributed by atoms with E-state index in [-0.39, 0.29) is 0 Å². The zero-order valence-corrected chi connectivity index (χ0v) is 4.71. The minimum absolute atomic E-state index is 0.544. The molecule has 0 aliphatic carbocycles. The number of alkyl halides is 2. The molecule has 1 aliphatic heterocycles. The minimum atomic E-state index is -2.79. The van der Waals surface area contributed by atoms with Crippen LogP contribution in [0.2, 0.25) is 0 Å². The van der Waals surface area contributed by atoms with Crippen molar-refractivity contribution in [3.8, 4) is 0 Å². The lowest BCUT2D eigenvalue weighted by Crippen LogP contribution is -2.31. The average Bonchev–Trinajstić information content (AvgIpc) is 1.65. The van der Waals surface area contributed by atoms with Crippen LogP contribution in [0.5, 0.6) is 0 Å². The Hall–Kier alpha value is 0.130. The summed E-state index contributed by atoms with van der Waals surface area (Å²) in [6.07, 6.45) is 0. The molecule has 0 bridgehead atoms. The van der Waals surface area contributed by atoms with Gasteiger partial charge in [0.25, 0.3) is 5.92 Å². The predicted octanol–water partition coefficient (Wildman–Crippen LogP) is 1.23. The molecule has 1 rings (SSSR count). The molecule has 48 valence electrons. The molecule has 0 aromatic carbocycles. The topological polar surface area (TPSA) is 18.5 Å². The third kappa shape index (κ3) is 1.57. The summed E-state index contributed by atoms with van der Waals surface area (Å²) in [5.74, 6) is -2.79. The normalized spacial score (nSPS) is 27.8. The van der Waals surface area contributed by atoms with Gasteiger partial charge in [0.05, 0.1) is 0 Å². The van der Waals surface area contributed by atoms with Crippen LogP contribution in [0.4, 0.5) is 8.78 Å². The van der Waals surface area contributed by atoms with E-state index in [2.05, 4.69) is 8.37 Å². The summed E-state index contributed by atoms with van der Waals surface area (Å²) in [5.41, 5.74) is 0. The van der Waals surface area contributed by atoms with Gasteiger partial charge >= 0.3 is 0 Å². The molecule has 1 heterocycles. The highest BCUT2D eigenvalue weighted by molar-refractivity contribution is 7.89. The molecule has 0 aromatic heterocycles. The van der Waals surface area contributed by atoms with Gasteiger partial charge in [-0.15, -0.1) is 0 Å². The highest BCUT2D eigenvalue weighted by atomic mass is 32.2. The first kappa shape index (κ1) is 6.25. The first-order chi connectivity index (χ1) is 3.71. The molecule has 0 N–H and O–H groups in total. The van der Waals surface area contributed by atoms with E-state index in [1.54, 1.807) is 0 Å². The molecule has 0 unspecified atom stereocenters. The molecular formula is C3H4F2O2S. The Balaban J connectivity index is 2.33. The van der Waals surface area contributed by atoms with Gasteiger partial charge in [-0.05, 0) is 0 Å². The van der Waals surface area contributed by atoms with Crippen molar-refractivity contribution < 1.29 is 17.1 Å². The second-order valence-corrected chi connectivity index (χ2v) is 2.06. The van der Waals surface area contributed by atoms with Gasteiger partial charge < -0.3 is 0 Å². The quantitative estimate of drug-likeness (QED) is 0.474. The van der Waals surface area contributed by atoms with Crippen LogP contribution in [-0.4, -0.2) is 19.1 Å². The Morgan fingerprint density at radius 1 is 1.25 bits per heavy atom. The lowest BCUT2D eigenvalue weighted by atomic mass is 10.4. The number of halogens is 2. The zero-order valence-electron chi connectivity index (χ0n) is 3.89. The van der Waals surface area contributed by atoms with Gasteiger partial charge in [0.1, 0.15) is 13.2 Å². The van der Waals surface area contributed by atoms with Crippen molar-refractivity contribution >= 4 is 12.3 Å². The number of rotatable bonds is 0. The van der Waals surface area contributed by atoms with Crippen molar-refractivity contribution in [1.29, 1.82) is 0 Å². The summed E-state index contributed by atoms with van der Waals surface area (Å²) in [6, 6.07) is 0. The van der Waals surface area contributed by atoms with Crippen LogP contribution in [0, 0.1) is 0 Å². The van der Waals surface area contributed by atoms with E-state index in [0.29, 0.717) is 12.3 Å². The Morgan fingerprint density at radius 3 is 2.00 bits per heavy atom. The fourth-order valence-corrected chi connectivity index (χ4v) is 0.805. The molecule has 0 radical (unpaired) electrons. The minimum Gasteiger partial charge on any atom is -0.285 e. The van der Waals surface area contributed by atoms with Crippen molar-refractivity contribution in [1.82, 2.24) is 0 Å². The maximum atomic E-state index is 11.9. The first-order valence-corrected chi connectivity index (χ1v) is 2.66. The van der Waals surface area contributed by atoms with Crippen LogP contribution in [0.3, 0.4) is 0 Å². The standard InChI is InChI=1S/C3H4F2O2S/c4-3(5)1-6-8-7-2-3/h1-2H2. The monoisotopic (exact) mass is 142 g/mol. The second kappa shape index (κ2) is 2.16. The summed E-state index contributed by atoms with van der Waals surface area (Å²) >= 11 is 0.617. The molecular weight excluding hydrogens is 138 g/mol. The van der Waals surface area contributed by atoms with E-state index in [1.165, 1.54) is 0 Å². The molecule has 5 heteroatoms. The maximum absolute atomic E-state index is 11.9. The predicted molar refractivity (Wildman–Crippen MR) is 24.4 cm³/mol. The maximum Gasteiger partial charge on any atom is 0.296 e. The lowest BCUT2D eigenvalue weighted by Gasteiger charge is -2.18. The lowest BCUT2D eigenvalue weighted by molar-refractivity contribution is -0.0867. The van der Waals surface area contributed by atoms with Crippen molar-refractivity contribution in [2.75, 3.05) is 13.2 Å². The Bertz CT molecular complexity index is 79.4. The van der Waals surface area contributed by atoms with Crippen LogP contribution in [0.15, 0.2) is 0 Å². The van der Waals surface area contributed by atoms with Crippen molar-refractivity contribution in [3.63, 3.8) is 0 Å². The van der Waals surface area contributed by atoms with E-state index >= 15 is 0 Å². The van der Waals surface area contributed by atoms with Gasteiger partial charge in [-0.3, -0.25) is 8.37 Å². The van der Waals surface area contributed by atoms with Crippen LogP contribution in [0.25, 0.3) is 0 Å². The van der Waals surface area contributed by atoms with Crippen molar-refractivity contribution in [2.45, 2.75) is 5.92 Å². The van der Waals surface area contributed by atoms with E-state index in [4.69, 9.17) is 0 Å². The van der Waals surface area contributed by atoms with Gasteiger partial charge in [-0.1, -0.05) is 0 Å². The summed E-state index contributed by atoms with van der Waals surface area (Å²) < 4.78 is 32.3. The van der Waals surface area contributed by atoms with Gasteiger partial charge in [0.15, 0.2) is 12.3 Å². The van der Waals surface area contributed by atoms with Gasteiger partial charge in [0.2, 0.25) is 0 Å². The van der Waals surface area contributed by atoms with Crippen molar-refractivity contribution in [3.05, 3.63) is 0 Å². The van der Waals surface area contributed by atoms with Gasteiger partial charge in [-0.25, -0.2) is 8.78 Å². The number of hydrogen-bond donors (Lipinski definition) is 0. The Labute approximate surface area is 49.6 Å². The highest BCUT2D eigenvalue weighted by Gasteiger charge is 2.33. The largest absolute Gasteiger partial charge is 0.296 e. The van der Waals surface area contributed by atoms with Gasteiger partial charge in [0, 0.05) is 0 Å². The molecule has 0 saturated carbocycles. The first-order valence-electron chi connectivity index (χ1n) is 2.00.